The quantitative estimate of drug-likeness (QED) is 0.360. The van der Waals surface area contributed by atoms with Crippen LogP contribution in [0.1, 0.15) is 42.6 Å². The molecule has 2 aromatic rings. The molecular weight excluding hydrogens is 488 g/mol. The molecule has 0 saturated carbocycles. The summed E-state index contributed by atoms with van der Waals surface area (Å²) in [5.41, 5.74) is 2.27. The number of aliphatic hydroxyl groups excluding tert-OH is 2. The molecule has 2 N–H and O–H groups in total. The van der Waals surface area contributed by atoms with E-state index in [1.165, 1.54) is 0 Å². The van der Waals surface area contributed by atoms with Crippen LogP contribution in [0, 0.1) is 0 Å². The van der Waals surface area contributed by atoms with Crippen molar-refractivity contribution in [1.82, 2.24) is 0 Å². The minimum atomic E-state index is -1.28. The first-order valence-corrected chi connectivity index (χ1v) is 12.6. The molecule has 0 spiro atoms. The van der Waals surface area contributed by atoms with Crippen LogP contribution >= 0.6 is 11.6 Å². The Bertz CT molecular complexity index is 924. The molecule has 1 heterocycles. The van der Waals surface area contributed by atoms with Crippen molar-refractivity contribution in [2.45, 2.75) is 43.9 Å². The predicted molar refractivity (Wildman–Crippen MR) is 135 cm³/mol. The Morgan fingerprint density at radius 2 is 1.78 bits per heavy atom. The van der Waals surface area contributed by atoms with Gasteiger partial charge in [0.2, 0.25) is 0 Å². The molecule has 0 radical (unpaired) electrons. The van der Waals surface area contributed by atoms with Crippen molar-refractivity contribution in [2.24, 2.45) is 0 Å². The zero-order valence-corrected chi connectivity index (χ0v) is 21.9. The van der Waals surface area contributed by atoms with Gasteiger partial charge in [0.05, 0.1) is 51.8 Å². The summed E-state index contributed by atoms with van der Waals surface area (Å²) in [5, 5.41) is 20.9. The lowest BCUT2D eigenvalue weighted by Gasteiger charge is -2.43. The van der Waals surface area contributed by atoms with Crippen LogP contribution in [0.4, 0.5) is 0 Å². The Morgan fingerprint density at radius 3 is 2.44 bits per heavy atom. The molecule has 1 saturated heterocycles. The van der Waals surface area contributed by atoms with Crippen LogP contribution in [0.25, 0.3) is 0 Å². The van der Waals surface area contributed by atoms with Crippen LogP contribution in [0.5, 0.6) is 5.75 Å². The maximum absolute atomic E-state index is 10.6. The molecule has 8 nitrogen and oxygen atoms in total. The lowest BCUT2D eigenvalue weighted by Crippen LogP contribution is -2.47. The molecule has 3 rings (SSSR count). The first kappa shape index (κ1) is 28.8. The van der Waals surface area contributed by atoms with E-state index in [-0.39, 0.29) is 19.6 Å². The average molecular weight is 525 g/mol. The monoisotopic (exact) mass is 524 g/mol. The van der Waals surface area contributed by atoms with E-state index in [0.29, 0.717) is 49.0 Å². The standard InChI is InChI=1S/C27H37ClO8/c1-4-33-22-8-5-19(6-9-22)26(34-13-11-31-2)24-15-20(7-10-25(24)28)27(35-14-12-32-3)17-21(30)16-23(18-29)36-27/h5-10,15,21,23,26,29-30H,4,11-14,16-18H2,1-3H3/t21?,23?,26?,27-/m1/s1. The van der Waals surface area contributed by atoms with Crippen molar-refractivity contribution in [2.75, 3.05) is 53.9 Å². The van der Waals surface area contributed by atoms with Crippen molar-refractivity contribution in [3.63, 3.8) is 0 Å². The van der Waals surface area contributed by atoms with Gasteiger partial charge in [-0.15, -0.1) is 0 Å². The number of methoxy groups -OCH3 is 2. The van der Waals surface area contributed by atoms with Crippen LogP contribution in [0.15, 0.2) is 42.5 Å². The Morgan fingerprint density at radius 1 is 1.06 bits per heavy atom. The molecule has 0 amide bonds. The lowest BCUT2D eigenvalue weighted by molar-refractivity contribution is -0.311. The molecule has 200 valence electrons. The van der Waals surface area contributed by atoms with Crippen molar-refractivity contribution < 1.29 is 38.6 Å². The van der Waals surface area contributed by atoms with Gasteiger partial charge in [-0.1, -0.05) is 29.8 Å². The summed E-state index contributed by atoms with van der Waals surface area (Å²) in [6.07, 6.45) is -1.26. The molecule has 36 heavy (non-hydrogen) atoms. The number of ether oxygens (including phenoxy) is 6. The largest absolute Gasteiger partial charge is 0.494 e. The van der Waals surface area contributed by atoms with Gasteiger partial charge in [0.25, 0.3) is 0 Å². The average Bonchev–Trinajstić information content (AvgIpc) is 2.88. The van der Waals surface area contributed by atoms with E-state index in [4.69, 9.17) is 40.0 Å². The molecule has 1 aliphatic rings. The molecule has 1 aliphatic heterocycles. The predicted octanol–water partition coefficient (Wildman–Crippen LogP) is 3.84. The fourth-order valence-electron chi connectivity index (χ4n) is 4.33. The second-order valence-corrected chi connectivity index (χ2v) is 9.00. The summed E-state index contributed by atoms with van der Waals surface area (Å²) in [7, 11) is 3.20. The Kier molecular flexibility index (Phi) is 11.4. The summed E-state index contributed by atoms with van der Waals surface area (Å²) in [6.45, 7) is 3.64. The van der Waals surface area contributed by atoms with Gasteiger partial charge in [0, 0.05) is 43.2 Å². The molecule has 0 aromatic heterocycles. The lowest BCUT2D eigenvalue weighted by atomic mass is 9.90. The van der Waals surface area contributed by atoms with Gasteiger partial charge in [0.1, 0.15) is 11.9 Å². The highest BCUT2D eigenvalue weighted by atomic mass is 35.5. The summed E-state index contributed by atoms with van der Waals surface area (Å²) in [6, 6.07) is 13.1. The van der Waals surface area contributed by atoms with Gasteiger partial charge in [0.15, 0.2) is 5.79 Å². The smallest absolute Gasteiger partial charge is 0.197 e. The minimum Gasteiger partial charge on any atom is -0.494 e. The highest BCUT2D eigenvalue weighted by molar-refractivity contribution is 6.31. The van der Waals surface area contributed by atoms with Crippen molar-refractivity contribution >= 4 is 11.6 Å². The number of hydrogen-bond acceptors (Lipinski definition) is 8. The van der Waals surface area contributed by atoms with Gasteiger partial charge in [-0.25, -0.2) is 0 Å². The number of benzene rings is 2. The van der Waals surface area contributed by atoms with Gasteiger partial charge in [-0.05, 0) is 36.8 Å². The van der Waals surface area contributed by atoms with E-state index in [2.05, 4.69) is 0 Å². The normalized spacial score (nSPS) is 22.9. The van der Waals surface area contributed by atoms with E-state index in [0.717, 1.165) is 11.3 Å². The van der Waals surface area contributed by atoms with Gasteiger partial charge < -0.3 is 38.6 Å². The summed E-state index contributed by atoms with van der Waals surface area (Å²) >= 11 is 6.70. The van der Waals surface area contributed by atoms with E-state index in [1.54, 1.807) is 20.3 Å². The van der Waals surface area contributed by atoms with Crippen molar-refractivity contribution in [3.05, 3.63) is 64.2 Å². The SMILES string of the molecule is CCOc1ccc(C(OCCOC)c2cc([C@@]3(OCCOC)CC(O)CC(CO)O3)ccc2Cl)cc1. The van der Waals surface area contributed by atoms with Crippen molar-refractivity contribution in [1.29, 1.82) is 0 Å². The number of hydrogen-bond donors (Lipinski definition) is 2. The molecule has 2 aromatic carbocycles. The third-order valence-corrected chi connectivity index (χ3v) is 6.35. The van der Waals surface area contributed by atoms with Crippen molar-refractivity contribution in [3.8, 4) is 5.75 Å². The molecule has 1 fully saturated rings. The second-order valence-electron chi connectivity index (χ2n) is 8.59. The van der Waals surface area contributed by atoms with Gasteiger partial charge in [-0.2, -0.15) is 0 Å². The molecule has 9 heteroatoms. The first-order valence-electron chi connectivity index (χ1n) is 12.2. The maximum Gasteiger partial charge on any atom is 0.197 e. The van der Waals surface area contributed by atoms with Crippen LogP contribution in [0.3, 0.4) is 0 Å². The van der Waals surface area contributed by atoms with E-state index < -0.39 is 24.1 Å². The second kappa shape index (κ2) is 14.3. The van der Waals surface area contributed by atoms with Crippen LogP contribution in [-0.4, -0.2) is 76.3 Å². The van der Waals surface area contributed by atoms with Crippen LogP contribution < -0.4 is 4.74 Å². The fourth-order valence-corrected chi connectivity index (χ4v) is 4.54. The van der Waals surface area contributed by atoms with Gasteiger partial charge >= 0.3 is 0 Å². The van der Waals surface area contributed by atoms with E-state index in [1.807, 2.05) is 43.3 Å². The summed E-state index contributed by atoms with van der Waals surface area (Å²) in [4.78, 5) is 0. The fraction of sp³-hybridized carbons (Fsp3) is 0.556. The third kappa shape index (κ3) is 7.40. The molecule has 0 aliphatic carbocycles. The highest BCUT2D eigenvalue weighted by Crippen LogP contribution is 2.42. The molecule has 3 unspecified atom stereocenters. The first-order chi connectivity index (χ1) is 17.5. The number of halogens is 1. The zero-order valence-electron chi connectivity index (χ0n) is 21.2. The molecule has 0 bridgehead atoms. The topological polar surface area (TPSA) is 95.8 Å². The molecule has 4 atom stereocenters. The number of rotatable bonds is 14. The Hall–Kier alpha value is -1.75. The maximum atomic E-state index is 10.6. The van der Waals surface area contributed by atoms with E-state index >= 15 is 0 Å². The Labute approximate surface area is 218 Å². The van der Waals surface area contributed by atoms with Crippen LogP contribution in [-0.2, 0) is 29.5 Å². The van der Waals surface area contributed by atoms with Gasteiger partial charge in [-0.3, -0.25) is 0 Å². The van der Waals surface area contributed by atoms with Crippen LogP contribution in [0.2, 0.25) is 5.02 Å². The molecular formula is C27H37ClO8. The third-order valence-electron chi connectivity index (χ3n) is 6.01. The summed E-state index contributed by atoms with van der Waals surface area (Å²) in [5.74, 6) is -0.513. The summed E-state index contributed by atoms with van der Waals surface area (Å²) < 4.78 is 34.6. The zero-order chi connectivity index (χ0) is 26.0. The number of aliphatic hydroxyl groups is 2. The minimum absolute atomic E-state index is 0.201. The van der Waals surface area contributed by atoms with E-state index in [9.17, 15) is 10.2 Å². The Balaban J connectivity index is 2.02. The highest BCUT2D eigenvalue weighted by Gasteiger charge is 2.44.